The van der Waals surface area contributed by atoms with Crippen molar-refractivity contribution in [1.82, 2.24) is 0 Å². The summed E-state index contributed by atoms with van der Waals surface area (Å²) in [6.07, 6.45) is 6.50. The van der Waals surface area contributed by atoms with Gasteiger partial charge >= 0.3 is 0 Å². The Morgan fingerprint density at radius 3 is 2.47 bits per heavy atom. The molecule has 0 aliphatic carbocycles. The Bertz CT molecular complexity index is 259. The second kappa shape index (κ2) is 6.67. The van der Waals surface area contributed by atoms with Gasteiger partial charge < -0.3 is 4.74 Å². The number of hydrogen-bond acceptors (Lipinski definition) is 2. The molecular weight excluding hydrogens is 212 g/mol. The third-order valence-corrected chi connectivity index (χ3v) is 1.75. The van der Waals surface area contributed by atoms with Gasteiger partial charge in [0.05, 0.1) is 5.60 Å². The highest BCUT2D eigenvalue weighted by Gasteiger charge is 2.10. The number of carbonyl (C=O) groups excluding carboxylic acids is 1. The van der Waals surface area contributed by atoms with Crippen molar-refractivity contribution in [2.75, 3.05) is 0 Å². The molecule has 0 amide bonds. The van der Waals surface area contributed by atoms with Crippen LogP contribution in [0.4, 0.5) is 0 Å². The molecule has 0 unspecified atom stereocenters. The minimum Gasteiger partial charge on any atom is -0.494 e. The summed E-state index contributed by atoms with van der Waals surface area (Å²) in [5.74, 6) is -0.214. The van der Waals surface area contributed by atoms with Crippen LogP contribution in [0.5, 0.6) is 0 Å². The fourth-order valence-electron chi connectivity index (χ4n) is 0.723. The Morgan fingerprint density at radius 2 is 2.00 bits per heavy atom. The Morgan fingerprint density at radius 1 is 1.40 bits per heavy atom. The van der Waals surface area contributed by atoms with E-state index in [2.05, 4.69) is 6.92 Å². The standard InChI is InChI=1S/C12H19ClO2/c1-5-6-7-8-11(14)10(13)9-15-12(2,3)4/h7-9H,5-6H2,1-4H3/b8-7-,10-9-. The van der Waals surface area contributed by atoms with Gasteiger partial charge in [-0.1, -0.05) is 31.0 Å². The first kappa shape index (κ1) is 14.2. The van der Waals surface area contributed by atoms with Crippen LogP contribution in [-0.2, 0) is 9.53 Å². The first-order valence-corrected chi connectivity index (χ1v) is 5.49. The smallest absolute Gasteiger partial charge is 0.199 e. The zero-order valence-corrected chi connectivity index (χ0v) is 10.6. The highest BCUT2D eigenvalue weighted by atomic mass is 35.5. The third kappa shape index (κ3) is 8.25. The molecule has 0 aromatic carbocycles. The molecule has 0 aliphatic rings. The lowest BCUT2D eigenvalue weighted by Crippen LogP contribution is -2.15. The predicted octanol–water partition coefficient (Wildman–Crippen LogP) is 3.81. The van der Waals surface area contributed by atoms with Crippen LogP contribution < -0.4 is 0 Å². The van der Waals surface area contributed by atoms with Gasteiger partial charge in [0, 0.05) is 0 Å². The number of rotatable bonds is 5. The van der Waals surface area contributed by atoms with Gasteiger partial charge in [-0.3, -0.25) is 4.79 Å². The molecular formula is C12H19ClO2. The van der Waals surface area contributed by atoms with Gasteiger partial charge in [0.15, 0.2) is 5.78 Å². The van der Waals surface area contributed by atoms with E-state index in [4.69, 9.17) is 16.3 Å². The molecule has 0 atom stereocenters. The molecule has 0 N–H and O–H groups in total. The second-order valence-electron chi connectivity index (χ2n) is 4.25. The first-order valence-electron chi connectivity index (χ1n) is 5.11. The quantitative estimate of drug-likeness (QED) is 0.530. The maximum atomic E-state index is 11.4. The van der Waals surface area contributed by atoms with Crippen LogP contribution in [0.3, 0.4) is 0 Å². The van der Waals surface area contributed by atoms with Crippen molar-refractivity contribution < 1.29 is 9.53 Å². The summed E-state index contributed by atoms with van der Waals surface area (Å²) >= 11 is 5.75. The Kier molecular flexibility index (Phi) is 6.34. The Balaban J connectivity index is 4.20. The predicted molar refractivity (Wildman–Crippen MR) is 63.8 cm³/mol. The maximum absolute atomic E-state index is 11.4. The van der Waals surface area contributed by atoms with Gasteiger partial charge in [-0.05, 0) is 33.3 Å². The molecule has 86 valence electrons. The summed E-state index contributed by atoms with van der Waals surface area (Å²) < 4.78 is 5.27. The van der Waals surface area contributed by atoms with E-state index >= 15 is 0 Å². The van der Waals surface area contributed by atoms with Gasteiger partial charge in [0.2, 0.25) is 0 Å². The molecule has 0 radical (unpaired) electrons. The van der Waals surface area contributed by atoms with Gasteiger partial charge in [0.1, 0.15) is 11.3 Å². The number of carbonyl (C=O) groups is 1. The molecule has 0 saturated heterocycles. The molecule has 0 bridgehead atoms. The molecule has 0 saturated carbocycles. The average molecular weight is 231 g/mol. The summed E-state index contributed by atoms with van der Waals surface area (Å²) in [4.78, 5) is 11.4. The van der Waals surface area contributed by atoms with Gasteiger partial charge in [-0.2, -0.15) is 0 Å². The molecule has 15 heavy (non-hydrogen) atoms. The largest absolute Gasteiger partial charge is 0.494 e. The van der Waals surface area contributed by atoms with Crippen LogP contribution in [-0.4, -0.2) is 11.4 Å². The van der Waals surface area contributed by atoms with Gasteiger partial charge in [0.25, 0.3) is 0 Å². The molecule has 0 heterocycles. The summed E-state index contributed by atoms with van der Waals surface area (Å²) in [6.45, 7) is 7.73. The minimum absolute atomic E-state index is 0.109. The summed E-state index contributed by atoms with van der Waals surface area (Å²) in [5.41, 5.74) is -0.326. The highest BCUT2D eigenvalue weighted by molar-refractivity contribution is 6.44. The first-order chi connectivity index (χ1) is 6.87. The van der Waals surface area contributed by atoms with Crippen molar-refractivity contribution in [3.63, 3.8) is 0 Å². The number of hydrogen-bond donors (Lipinski definition) is 0. The van der Waals surface area contributed by atoms with E-state index in [0.29, 0.717) is 0 Å². The van der Waals surface area contributed by atoms with Crippen LogP contribution in [0.25, 0.3) is 0 Å². The lowest BCUT2D eigenvalue weighted by molar-refractivity contribution is -0.111. The normalized spacial score (nSPS) is 13.3. The summed E-state index contributed by atoms with van der Waals surface area (Å²) in [6, 6.07) is 0. The number of ketones is 1. The van der Waals surface area contributed by atoms with E-state index in [-0.39, 0.29) is 16.4 Å². The van der Waals surface area contributed by atoms with E-state index in [9.17, 15) is 4.79 Å². The van der Waals surface area contributed by atoms with Crippen molar-refractivity contribution in [3.8, 4) is 0 Å². The molecule has 0 aromatic rings. The number of unbranched alkanes of at least 4 members (excludes halogenated alkanes) is 1. The van der Waals surface area contributed by atoms with E-state index in [1.165, 1.54) is 12.3 Å². The number of halogens is 1. The van der Waals surface area contributed by atoms with Crippen molar-refractivity contribution in [1.29, 1.82) is 0 Å². The zero-order chi connectivity index (χ0) is 11.9. The van der Waals surface area contributed by atoms with E-state index in [1.54, 1.807) is 0 Å². The molecule has 3 heteroatoms. The van der Waals surface area contributed by atoms with Crippen LogP contribution >= 0.6 is 11.6 Å². The van der Waals surface area contributed by atoms with Crippen molar-refractivity contribution in [2.24, 2.45) is 0 Å². The fraction of sp³-hybridized carbons (Fsp3) is 0.583. The summed E-state index contributed by atoms with van der Waals surface area (Å²) in [5, 5.41) is 0.109. The van der Waals surface area contributed by atoms with Crippen LogP contribution in [0, 0.1) is 0 Å². The lowest BCUT2D eigenvalue weighted by atomic mass is 10.2. The molecule has 2 nitrogen and oxygen atoms in total. The van der Waals surface area contributed by atoms with Gasteiger partial charge in [-0.25, -0.2) is 0 Å². The third-order valence-electron chi connectivity index (χ3n) is 1.48. The summed E-state index contributed by atoms with van der Waals surface area (Å²) in [7, 11) is 0. The van der Waals surface area contributed by atoms with Crippen molar-refractivity contribution in [2.45, 2.75) is 46.1 Å². The van der Waals surface area contributed by atoms with Crippen LogP contribution in [0.15, 0.2) is 23.4 Å². The molecule has 0 rings (SSSR count). The number of ether oxygens (including phenoxy) is 1. The molecule has 0 aliphatic heterocycles. The fourth-order valence-corrected chi connectivity index (χ4v) is 0.831. The van der Waals surface area contributed by atoms with Crippen LogP contribution in [0.1, 0.15) is 40.5 Å². The average Bonchev–Trinajstić information content (AvgIpc) is 2.13. The molecule has 0 fully saturated rings. The number of allylic oxidation sites excluding steroid dienone is 3. The minimum atomic E-state index is -0.326. The van der Waals surface area contributed by atoms with E-state index in [0.717, 1.165) is 12.8 Å². The monoisotopic (exact) mass is 230 g/mol. The molecule has 0 aromatic heterocycles. The van der Waals surface area contributed by atoms with Crippen molar-refractivity contribution in [3.05, 3.63) is 23.4 Å². The Hall–Kier alpha value is -0.760. The van der Waals surface area contributed by atoms with Gasteiger partial charge in [-0.15, -0.1) is 0 Å². The van der Waals surface area contributed by atoms with Crippen LogP contribution in [0.2, 0.25) is 0 Å². The topological polar surface area (TPSA) is 26.3 Å². The van der Waals surface area contributed by atoms with Crippen molar-refractivity contribution >= 4 is 17.4 Å². The highest BCUT2D eigenvalue weighted by Crippen LogP contribution is 2.12. The van der Waals surface area contributed by atoms with E-state index < -0.39 is 0 Å². The zero-order valence-electron chi connectivity index (χ0n) is 9.84. The second-order valence-corrected chi connectivity index (χ2v) is 4.66. The van der Waals surface area contributed by atoms with E-state index in [1.807, 2.05) is 26.8 Å². The SMILES string of the molecule is CCC/C=C\C(=O)/C(Cl)=C/OC(C)(C)C. The Labute approximate surface area is 97.0 Å². The molecule has 0 spiro atoms. The lowest BCUT2D eigenvalue weighted by Gasteiger charge is -2.17. The maximum Gasteiger partial charge on any atom is 0.199 e.